The van der Waals surface area contributed by atoms with Gasteiger partial charge in [0.25, 0.3) is 0 Å². The molecular formula is C19H17Cl2NO2. The van der Waals surface area contributed by atoms with Gasteiger partial charge in [0.05, 0.1) is 10.6 Å². The number of carbonyl (C=O) groups excluding carboxylic acids is 2. The van der Waals surface area contributed by atoms with Gasteiger partial charge in [-0.25, -0.2) is 0 Å². The number of H-pyrrole nitrogens is 1. The highest BCUT2D eigenvalue weighted by molar-refractivity contribution is 6.63. The molecule has 124 valence electrons. The Bertz CT molecular complexity index is 919. The standard InChI is InChI=1S/C19H17Cl2NO2/c1-3-4-7-12-16(20)19(24)17(21)15(18(12)23)14-10(2)22-13-9-6-5-8-11(13)14/h5-6,8-9,22H,3-4,7H2,1-2H3. The van der Waals surface area contributed by atoms with E-state index < -0.39 is 5.78 Å². The van der Waals surface area contributed by atoms with E-state index in [4.69, 9.17) is 23.2 Å². The highest BCUT2D eigenvalue weighted by Crippen LogP contribution is 2.40. The van der Waals surface area contributed by atoms with Crippen molar-refractivity contribution in [2.45, 2.75) is 33.1 Å². The first-order valence-electron chi connectivity index (χ1n) is 7.92. The number of hydrogen-bond donors (Lipinski definition) is 1. The number of halogens is 2. The normalized spacial score (nSPS) is 15.8. The maximum atomic E-state index is 13.0. The molecule has 3 rings (SSSR count). The van der Waals surface area contributed by atoms with Crippen molar-refractivity contribution in [3.63, 3.8) is 0 Å². The highest BCUT2D eigenvalue weighted by Gasteiger charge is 2.35. The summed E-state index contributed by atoms with van der Waals surface area (Å²) in [6.45, 7) is 3.90. The van der Waals surface area contributed by atoms with E-state index in [9.17, 15) is 9.59 Å². The molecule has 0 amide bonds. The number of hydrogen-bond acceptors (Lipinski definition) is 2. The molecule has 5 heteroatoms. The monoisotopic (exact) mass is 361 g/mol. The number of unbranched alkanes of at least 4 members (excludes halogenated alkanes) is 1. The number of allylic oxidation sites excluding steroid dienone is 4. The van der Waals surface area contributed by atoms with Gasteiger partial charge in [-0.3, -0.25) is 9.59 Å². The Balaban J connectivity index is 2.21. The fourth-order valence-corrected chi connectivity index (χ4v) is 3.69. The molecular weight excluding hydrogens is 345 g/mol. The molecule has 1 aromatic heterocycles. The van der Waals surface area contributed by atoms with E-state index in [0.717, 1.165) is 29.4 Å². The maximum absolute atomic E-state index is 13.0. The van der Waals surface area contributed by atoms with Crippen LogP contribution in [0.15, 0.2) is 39.9 Å². The average molecular weight is 362 g/mol. The van der Waals surface area contributed by atoms with Gasteiger partial charge in [0.1, 0.15) is 5.03 Å². The van der Waals surface area contributed by atoms with Crippen LogP contribution in [-0.4, -0.2) is 16.6 Å². The summed E-state index contributed by atoms with van der Waals surface area (Å²) >= 11 is 12.4. The molecule has 0 atom stereocenters. The summed E-state index contributed by atoms with van der Waals surface area (Å²) in [6.07, 6.45) is 2.19. The first-order chi connectivity index (χ1) is 11.5. The van der Waals surface area contributed by atoms with Gasteiger partial charge in [-0.2, -0.15) is 0 Å². The number of rotatable bonds is 4. The van der Waals surface area contributed by atoms with Crippen LogP contribution in [0.4, 0.5) is 0 Å². The molecule has 1 aliphatic rings. The van der Waals surface area contributed by atoms with Crippen LogP contribution in [0.25, 0.3) is 16.5 Å². The summed E-state index contributed by atoms with van der Waals surface area (Å²) < 4.78 is 0. The van der Waals surface area contributed by atoms with Crippen LogP contribution in [-0.2, 0) is 9.59 Å². The molecule has 1 aliphatic carbocycles. The second-order valence-corrected chi connectivity index (χ2v) is 6.67. The summed E-state index contributed by atoms with van der Waals surface area (Å²) in [5, 5.41) is 0.731. The number of aryl methyl sites for hydroxylation is 1. The lowest BCUT2D eigenvalue weighted by Crippen LogP contribution is -2.20. The summed E-state index contributed by atoms with van der Waals surface area (Å²) in [4.78, 5) is 28.7. The Kier molecular flexibility index (Phi) is 4.66. The largest absolute Gasteiger partial charge is 0.358 e. The summed E-state index contributed by atoms with van der Waals surface area (Å²) in [5.41, 5.74) is 3.02. The Morgan fingerprint density at radius 2 is 1.75 bits per heavy atom. The number of carbonyl (C=O) groups is 2. The number of aromatic nitrogens is 1. The van der Waals surface area contributed by atoms with Crippen molar-refractivity contribution in [2.75, 3.05) is 0 Å². The molecule has 0 radical (unpaired) electrons. The predicted molar refractivity (Wildman–Crippen MR) is 98.2 cm³/mol. The number of fused-ring (bicyclic) bond motifs is 1. The van der Waals surface area contributed by atoms with Gasteiger partial charge in [0, 0.05) is 27.7 Å². The van der Waals surface area contributed by atoms with E-state index in [-0.39, 0.29) is 21.4 Å². The molecule has 0 unspecified atom stereocenters. The molecule has 0 saturated heterocycles. The minimum Gasteiger partial charge on any atom is -0.358 e. The second kappa shape index (κ2) is 6.58. The summed E-state index contributed by atoms with van der Waals surface area (Å²) in [5.74, 6) is -0.713. The van der Waals surface area contributed by atoms with Crippen LogP contribution in [0, 0.1) is 6.92 Å². The van der Waals surface area contributed by atoms with Gasteiger partial charge >= 0.3 is 0 Å². The molecule has 0 bridgehead atoms. The zero-order chi connectivity index (χ0) is 17.4. The van der Waals surface area contributed by atoms with Crippen LogP contribution in [0.1, 0.15) is 37.4 Å². The number of aromatic amines is 1. The SMILES string of the molecule is CCCCC1=C(Cl)C(=O)C(Cl)=C(c2c(C)[nH]c3ccccc23)C1=O. The molecule has 0 fully saturated rings. The molecule has 1 N–H and O–H groups in total. The van der Waals surface area contributed by atoms with E-state index in [2.05, 4.69) is 4.98 Å². The van der Waals surface area contributed by atoms with Crippen molar-refractivity contribution in [2.24, 2.45) is 0 Å². The van der Waals surface area contributed by atoms with Crippen molar-refractivity contribution in [3.8, 4) is 0 Å². The lowest BCUT2D eigenvalue weighted by molar-refractivity contribution is -0.114. The lowest BCUT2D eigenvalue weighted by atomic mass is 9.87. The molecule has 1 heterocycles. The first kappa shape index (κ1) is 17.0. The van der Waals surface area contributed by atoms with E-state index in [1.54, 1.807) is 0 Å². The van der Waals surface area contributed by atoms with Crippen LogP contribution >= 0.6 is 23.2 Å². The third-order valence-corrected chi connectivity index (χ3v) is 5.07. The van der Waals surface area contributed by atoms with Crippen LogP contribution in [0.2, 0.25) is 0 Å². The third-order valence-electron chi connectivity index (χ3n) is 4.31. The van der Waals surface area contributed by atoms with Crippen LogP contribution in [0.5, 0.6) is 0 Å². The zero-order valence-corrected chi connectivity index (χ0v) is 15.0. The van der Waals surface area contributed by atoms with E-state index >= 15 is 0 Å². The maximum Gasteiger partial charge on any atom is 0.216 e. The molecule has 1 aromatic carbocycles. The van der Waals surface area contributed by atoms with Crippen molar-refractivity contribution >= 4 is 51.2 Å². The fraction of sp³-hybridized carbons (Fsp3) is 0.263. The van der Waals surface area contributed by atoms with Gasteiger partial charge in [-0.05, 0) is 25.8 Å². The quantitative estimate of drug-likeness (QED) is 0.754. The van der Waals surface area contributed by atoms with Gasteiger partial charge < -0.3 is 4.98 Å². The minimum absolute atomic E-state index is 0.0419. The molecule has 0 aliphatic heterocycles. The predicted octanol–water partition coefficient (Wildman–Crippen LogP) is 5.26. The van der Waals surface area contributed by atoms with Crippen LogP contribution in [0.3, 0.4) is 0 Å². The number of para-hydroxylation sites is 1. The van der Waals surface area contributed by atoms with Crippen molar-refractivity contribution in [3.05, 3.63) is 51.2 Å². The van der Waals surface area contributed by atoms with Gasteiger partial charge in [0.15, 0.2) is 5.78 Å². The molecule has 0 spiro atoms. The summed E-state index contributed by atoms with van der Waals surface area (Å²) in [6, 6.07) is 7.64. The molecule has 2 aromatic rings. The van der Waals surface area contributed by atoms with Crippen molar-refractivity contribution in [1.82, 2.24) is 4.98 Å². The third kappa shape index (κ3) is 2.62. The minimum atomic E-state index is -0.469. The van der Waals surface area contributed by atoms with Gasteiger partial charge in [-0.1, -0.05) is 54.7 Å². The Morgan fingerprint density at radius 1 is 1.04 bits per heavy atom. The number of Topliss-reactive ketones (excluding diaryl/α,β-unsaturated/α-hetero) is 2. The fourth-order valence-electron chi connectivity index (χ4n) is 3.10. The van der Waals surface area contributed by atoms with Crippen LogP contribution < -0.4 is 0 Å². The summed E-state index contributed by atoms with van der Waals surface area (Å²) in [7, 11) is 0. The van der Waals surface area contributed by atoms with E-state index in [1.807, 2.05) is 38.1 Å². The van der Waals surface area contributed by atoms with Gasteiger partial charge in [-0.15, -0.1) is 0 Å². The Morgan fingerprint density at radius 3 is 2.46 bits per heavy atom. The Labute approximate surface area is 150 Å². The van der Waals surface area contributed by atoms with Crippen molar-refractivity contribution < 1.29 is 9.59 Å². The number of benzene rings is 1. The van der Waals surface area contributed by atoms with E-state index in [1.165, 1.54) is 0 Å². The molecule has 0 saturated carbocycles. The second-order valence-electron chi connectivity index (χ2n) is 5.91. The Hall–Kier alpha value is -1.84. The first-order valence-corrected chi connectivity index (χ1v) is 8.68. The average Bonchev–Trinajstić information content (AvgIpc) is 2.89. The molecule has 3 nitrogen and oxygen atoms in total. The van der Waals surface area contributed by atoms with Crippen molar-refractivity contribution in [1.29, 1.82) is 0 Å². The number of ketones is 2. The zero-order valence-electron chi connectivity index (χ0n) is 13.5. The number of nitrogens with one attached hydrogen (secondary N) is 1. The van der Waals surface area contributed by atoms with Gasteiger partial charge in [0.2, 0.25) is 5.78 Å². The highest BCUT2D eigenvalue weighted by atomic mass is 35.5. The lowest BCUT2D eigenvalue weighted by Gasteiger charge is -2.18. The topological polar surface area (TPSA) is 49.9 Å². The molecule has 24 heavy (non-hydrogen) atoms. The smallest absolute Gasteiger partial charge is 0.216 e. The van der Waals surface area contributed by atoms with E-state index in [0.29, 0.717) is 17.6 Å².